The molecule has 0 aliphatic carbocycles. The Morgan fingerprint density at radius 2 is 2.12 bits per heavy atom. The smallest absolute Gasteiger partial charge is 0.217 e. The number of aliphatic hydroxyl groups is 2. The van der Waals surface area contributed by atoms with E-state index in [2.05, 4.69) is 27.9 Å². The second-order valence-corrected chi connectivity index (χ2v) is 4.52. The molecule has 0 radical (unpaired) electrons. The van der Waals surface area contributed by atoms with Gasteiger partial charge in [-0.05, 0) is 0 Å². The van der Waals surface area contributed by atoms with Crippen molar-refractivity contribution in [2.45, 2.75) is 37.6 Å². The van der Waals surface area contributed by atoms with Crippen LogP contribution >= 0.6 is 22.6 Å². The molecular weight excluding hydrogens is 329 g/mol. The Bertz CT molecular complexity index is 250. The Kier molecular flexibility index (Phi) is 5.38. The van der Waals surface area contributed by atoms with Crippen LogP contribution in [0.15, 0.2) is 0 Å². The van der Waals surface area contributed by atoms with Crippen molar-refractivity contribution >= 4 is 28.5 Å². The first-order chi connectivity index (χ1) is 7.51. The molecule has 16 heavy (non-hydrogen) atoms. The molecule has 7 heteroatoms. The quantitative estimate of drug-likeness (QED) is 0.452. The van der Waals surface area contributed by atoms with Gasteiger partial charge in [-0.3, -0.25) is 4.79 Å². The zero-order valence-corrected chi connectivity index (χ0v) is 11.2. The number of rotatable bonds is 3. The number of nitrogens with one attached hydrogen (secondary N) is 1. The largest absolute Gasteiger partial charge is 0.388 e. The highest BCUT2D eigenvalue weighted by atomic mass is 127. The molecule has 0 saturated carbocycles. The van der Waals surface area contributed by atoms with Gasteiger partial charge in [0, 0.05) is 18.5 Å². The molecule has 0 unspecified atom stereocenters. The highest BCUT2D eigenvalue weighted by Gasteiger charge is 2.44. The lowest BCUT2D eigenvalue weighted by Crippen LogP contribution is -2.64. The minimum atomic E-state index is -1.10. The summed E-state index contributed by atoms with van der Waals surface area (Å²) in [6.07, 6.45) is -3.37. The number of aliphatic hydroxyl groups excluding tert-OH is 2. The summed E-state index contributed by atoms with van der Waals surface area (Å²) in [5.74, 6) is -0.310. The third-order valence-corrected chi connectivity index (χ3v) is 3.32. The molecule has 1 heterocycles. The van der Waals surface area contributed by atoms with Crippen LogP contribution in [-0.4, -0.2) is 58.3 Å². The lowest BCUT2D eigenvalue weighted by Gasteiger charge is -2.41. The lowest BCUT2D eigenvalue weighted by atomic mass is 9.97. The molecule has 0 aromatic rings. The van der Waals surface area contributed by atoms with Crippen molar-refractivity contribution in [3.63, 3.8) is 0 Å². The molecule has 5 atom stereocenters. The lowest BCUT2D eigenvalue weighted by molar-refractivity contribution is -0.250. The summed E-state index contributed by atoms with van der Waals surface area (Å²) in [5, 5.41) is 22.1. The molecule has 1 aliphatic heterocycles. The van der Waals surface area contributed by atoms with Crippen molar-refractivity contribution in [1.29, 1.82) is 0 Å². The van der Waals surface area contributed by atoms with Crippen molar-refractivity contribution in [2.75, 3.05) is 11.5 Å². The summed E-state index contributed by atoms with van der Waals surface area (Å²) >= 11 is 2.05. The maximum Gasteiger partial charge on any atom is 0.217 e. The second kappa shape index (κ2) is 6.10. The Morgan fingerprint density at radius 3 is 2.56 bits per heavy atom. The maximum atomic E-state index is 11.0. The van der Waals surface area contributed by atoms with Gasteiger partial charge in [-0.1, -0.05) is 22.6 Å². The standard InChI is InChI=1S/C9H16INO5/c1-4(12)11-6-8(14)7(13)5(3-10)16-9(6)15-2/h5-9,13-14H,3H2,1-2H3,(H,11,12)/t5-,6-,7-,8-,9-/m1/s1. The van der Waals surface area contributed by atoms with Crippen LogP contribution in [0.3, 0.4) is 0 Å². The van der Waals surface area contributed by atoms with E-state index in [-0.39, 0.29) is 5.91 Å². The van der Waals surface area contributed by atoms with E-state index in [0.29, 0.717) is 4.43 Å². The van der Waals surface area contributed by atoms with Crippen molar-refractivity contribution in [1.82, 2.24) is 5.32 Å². The highest BCUT2D eigenvalue weighted by molar-refractivity contribution is 14.1. The summed E-state index contributed by atoms with van der Waals surface area (Å²) in [5.41, 5.74) is 0. The second-order valence-electron chi connectivity index (χ2n) is 3.64. The number of ether oxygens (including phenoxy) is 2. The van der Waals surface area contributed by atoms with Crippen LogP contribution < -0.4 is 5.32 Å². The van der Waals surface area contributed by atoms with Crippen molar-refractivity contribution in [3.05, 3.63) is 0 Å². The molecule has 1 saturated heterocycles. The zero-order chi connectivity index (χ0) is 12.3. The summed E-state index contributed by atoms with van der Waals surface area (Å²) in [6, 6.07) is -0.753. The number of alkyl halides is 1. The molecule has 0 aromatic heterocycles. The van der Waals surface area contributed by atoms with Gasteiger partial charge in [0.15, 0.2) is 6.29 Å². The Labute approximate surface area is 107 Å². The van der Waals surface area contributed by atoms with Gasteiger partial charge in [0.25, 0.3) is 0 Å². The molecule has 0 spiro atoms. The molecule has 1 rings (SSSR count). The highest BCUT2D eigenvalue weighted by Crippen LogP contribution is 2.22. The van der Waals surface area contributed by atoms with Crippen LogP contribution in [0.1, 0.15) is 6.92 Å². The number of methoxy groups -OCH3 is 1. The van der Waals surface area contributed by atoms with E-state index in [9.17, 15) is 15.0 Å². The Balaban J connectivity index is 2.77. The normalized spacial score (nSPS) is 39.4. The van der Waals surface area contributed by atoms with Crippen molar-refractivity contribution in [2.24, 2.45) is 0 Å². The number of carbonyl (C=O) groups excluding carboxylic acids is 1. The molecule has 94 valence electrons. The fourth-order valence-corrected chi connectivity index (χ4v) is 2.38. The molecular formula is C9H16INO5. The summed E-state index contributed by atoms with van der Waals surface area (Å²) in [7, 11) is 1.42. The van der Waals surface area contributed by atoms with Gasteiger partial charge in [0.2, 0.25) is 5.91 Å². The molecule has 6 nitrogen and oxygen atoms in total. The summed E-state index contributed by atoms with van der Waals surface area (Å²) in [6.45, 7) is 1.33. The fraction of sp³-hybridized carbons (Fsp3) is 0.889. The summed E-state index contributed by atoms with van der Waals surface area (Å²) in [4.78, 5) is 11.0. The van der Waals surface area contributed by atoms with Gasteiger partial charge in [-0.15, -0.1) is 0 Å². The molecule has 0 aromatic carbocycles. The number of hydrogen-bond donors (Lipinski definition) is 3. The van der Waals surface area contributed by atoms with Crippen LogP contribution in [0.25, 0.3) is 0 Å². The average Bonchev–Trinajstić information content (AvgIpc) is 2.25. The number of amides is 1. The van der Waals surface area contributed by atoms with Crippen molar-refractivity contribution < 1.29 is 24.5 Å². The van der Waals surface area contributed by atoms with E-state index < -0.39 is 30.6 Å². The van der Waals surface area contributed by atoms with Gasteiger partial charge in [0.1, 0.15) is 18.2 Å². The number of carbonyl (C=O) groups is 1. The first-order valence-corrected chi connectivity index (χ1v) is 6.41. The van der Waals surface area contributed by atoms with E-state index in [1.54, 1.807) is 0 Å². The number of hydrogen-bond acceptors (Lipinski definition) is 5. The van der Waals surface area contributed by atoms with E-state index in [1.165, 1.54) is 14.0 Å². The predicted octanol–water partition coefficient (Wildman–Crippen LogP) is -0.981. The van der Waals surface area contributed by atoms with E-state index in [1.807, 2.05) is 0 Å². The SMILES string of the molecule is CO[C@@H]1O[C@H](CI)[C@@H](O)[C@H](O)[C@H]1NC(C)=O. The topological polar surface area (TPSA) is 88.0 Å². The van der Waals surface area contributed by atoms with Crippen LogP contribution in [0.4, 0.5) is 0 Å². The van der Waals surface area contributed by atoms with Crippen LogP contribution in [-0.2, 0) is 14.3 Å². The summed E-state index contributed by atoms with van der Waals surface area (Å²) < 4.78 is 11.0. The van der Waals surface area contributed by atoms with Gasteiger partial charge in [-0.25, -0.2) is 0 Å². The van der Waals surface area contributed by atoms with Gasteiger partial charge in [-0.2, -0.15) is 0 Å². The molecule has 0 bridgehead atoms. The number of halogens is 1. The first-order valence-electron chi connectivity index (χ1n) is 4.88. The van der Waals surface area contributed by atoms with E-state index >= 15 is 0 Å². The average molecular weight is 345 g/mol. The third kappa shape index (κ3) is 3.04. The first kappa shape index (κ1) is 14.1. The zero-order valence-electron chi connectivity index (χ0n) is 9.09. The Hall–Kier alpha value is 0.0400. The van der Waals surface area contributed by atoms with E-state index in [4.69, 9.17) is 9.47 Å². The van der Waals surface area contributed by atoms with Gasteiger partial charge < -0.3 is 25.0 Å². The van der Waals surface area contributed by atoms with Crippen LogP contribution in [0.2, 0.25) is 0 Å². The van der Waals surface area contributed by atoms with E-state index in [0.717, 1.165) is 0 Å². The monoisotopic (exact) mass is 345 g/mol. The molecule has 3 N–H and O–H groups in total. The van der Waals surface area contributed by atoms with Gasteiger partial charge in [0.05, 0.1) is 6.10 Å². The Morgan fingerprint density at radius 1 is 1.50 bits per heavy atom. The molecule has 1 amide bonds. The predicted molar refractivity (Wildman–Crippen MR) is 64.2 cm³/mol. The fourth-order valence-electron chi connectivity index (χ4n) is 1.65. The minimum Gasteiger partial charge on any atom is -0.388 e. The van der Waals surface area contributed by atoms with Gasteiger partial charge >= 0.3 is 0 Å². The third-order valence-electron chi connectivity index (χ3n) is 2.46. The maximum absolute atomic E-state index is 11.0. The minimum absolute atomic E-state index is 0.310. The van der Waals surface area contributed by atoms with Crippen LogP contribution in [0.5, 0.6) is 0 Å². The molecule has 1 aliphatic rings. The van der Waals surface area contributed by atoms with Crippen molar-refractivity contribution in [3.8, 4) is 0 Å². The van der Waals surface area contributed by atoms with Crippen LogP contribution in [0, 0.1) is 0 Å². The molecule has 1 fully saturated rings.